The Morgan fingerprint density at radius 1 is 0.773 bits per heavy atom. The minimum absolute atomic E-state index is 0.131. The van der Waals surface area contributed by atoms with Gasteiger partial charge in [0.2, 0.25) is 0 Å². The van der Waals surface area contributed by atoms with Gasteiger partial charge in [-0.25, -0.2) is 4.39 Å². The molecule has 0 saturated carbocycles. The van der Waals surface area contributed by atoms with Gasteiger partial charge in [0, 0.05) is 11.1 Å². The monoisotopic (exact) mass is 400 g/mol. The summed E-state index contributed by atoms with van der Waals surface area (Å²) < 4.78 is 75.9. The second-order valence-electron chi connectivity index (χ2n) is 4.37. The van der Waals surface area contributed by atoms with Gasteiger partial charge in [-0.1, -0.05) is 31.3 Å². The SMILES string of the molecule is Fc1ccc(C#Cc2ccc(S(F)(F)(F)(F)F)cc2)cc1Br. The first-order valence-corrected chi connectivity index (χ1v) is 8.41. The number of benzene rings is 2. The van der Waals surface area contributed by atoms with Crippen molar-refractivity contribution < 1.29 is 23.8 Å². The van der Waals surface area contributed by atoms with Gasteiger partial charge in [-0.05, 0) is 58.4 Å². The van der Waals surface area contributed by atoms with Crippen molar-refractivity contribution in [2.24, 2.45) is 0 Å². The molecule has 0 nitrogen and oxygen atoms in total. The Kier molecular flexibility index (Phi) is 3.58. The van der Waals surface area contributed by atoms with Crippen molar-refractivity contribution in [3.8, 4) is 11.8 Å². The summed E-state index contributed by atoms with van der Waals surface area (Å²) in [5.41, 5.74) is 0.552. The molecule has 0 N–H and O–H groups in total. The fourth-order valence-corrected chi connectivity index (χ4v) is 2.54. The molecule has 2 aromatic carbocycles. The fourth-order valence-electron chi connectivity index (χ4n) is 1.51. The van der Waals surface area contributed by atoms with Gasteiger partial charge >= 0.3 is 10.2 Å². The maximum atomic E-state index is 13.0. The van der Waals surface area contributed by atoms with E-state index >= 15 is 0 Å². The van der Waals surface area contributed by atoms with E-state index in [2.05, 4.69) is 27.8 Å². The normalized spacial score (nSPS) is 14.5. The summed E-state index contributed by atoms with van der Waals surface area (Å²) in [6, 6.07) is 6.27. The fraction of sp³-hybridized carbons (Fsp3) is 0. The van der Waals surface area contributed by atoms with Crippen LogP contribution in [0, 0.1) is 17.7 Å². The smallest absolute Gasteiger partial charge is 0.206 e. The molecule has 0 spiro atoms. The highest BCUT2D eigenvalue weighted by molar-refractivity contribution is 9.10. The highest BCUT2D eigenvalue weighted by Crippen LogP contribution is 3.02. The maximum Gasteiger partial charge on any atom is 0.310 e. The summed E-state index contributed by atoms with van der Waals surface area (Å²) in [7, 11) is -9.66. The lowest BCUT2D eigenvalue weighted by atomic mass is 10.2. The molecule has 0 aliphatic rings. The topological polar surface area (TPSA) is 0 Å². The van der Waals surface area contributed by atoms with E-state index in [-0.39, 0.29) is 10.0 Å². The van der Waals surface area contributed by atoms with Crippen LogP contribution in [0.15, 0.2) is 51.8 Å². The zero-order chi connectivity index (χ0) is 16.7. The molecule has 0 aliphatic heterocycles. The van der Waals surface area contributed by atoms with Crippen LogP contribution < -0.4 is 0 Å². The average Bonchev–Trinajstić information content (AvgIpc) is 2.38. The molecule has 0 atom stereocenters. The molecule has 0 amide bonds. The minimum atomic E-state index is -9.66. The van der Waals surface area contributed by atoms with Crippen molar-refractivity contribution >= 4 is 26.2 Å². The van der Waals surface area contributed by atoms with Crippen LogP contribution in [-0.2, 0) is 0 Å². The lowest BCUT2D eigenvalue weighted by Gasteiger charge is -2.40. The van der Waals surface area contributed by atoms with E-state index in [0.29, 0.717) is 17.7 Å². The van der Waals surface area contributed by atoms with E-state index in [9.17, 15) is 23.8 Å². The first-order valence-electron chi connectivity index (χ1n) is 5.66. The van der Waals surface area contributed by atoms with E-state index < -0.39 is 20.9 Å². The predicted molar refractivity (Wildman–Crippen MR) is 77.9 cm³/mol. The van der Waals surface area contributed by atoms with E-state index in [1.54, 1.807) is 0 Å². The second-order valence-corrected chi connectivity index (χ2v) is 7.64. The van der Waals surface area contributed by atoms with Crippen molar-refractivity contribution in [2.75, 3.05) is 0 Å². The quantitative estimate of drug-likeness (QED) is 0.371. The number of hydrogen-bond donors (Lipinski definition) is 0. The molecule has 0 radical (unpaired) electrons. The van der Waals surface area contributed by atoms with E-state index in [1.165, 1.54) is 18.2 Å². The van der Waals surface area contributed by atoms with E-state index in [1.807, 2.05) is 0 Å². The Labute approximate surface area is 131 Å². The molecular formula is C14H7BrF6S. The number of hydrogen-bond acceptors (Lipinski definition) is 0. The molecule has 0 fully saturated rings. The van der Waals surface area contributed by atoms with Crippen molar-refractivity contribution in [1.29, 1.82) is 0 Å². The van der Waals surface area contributed by atoms with Gasteiger partial charge in [-0.15, -0.1) is 0 Å². The molecule has 0 saturated heterocycles. The summed E-state index contributed by atoms with van der Waals surface area (Å²) in [6.07, 6.45) is 0. The van der Waals surface area contributed by atoms with E-state index in [0.717, 1.165) is 12.1 Å². The zero-order valence-corrected chi connectivity index (χ0v) is 13.0. The third kappa shape index (κ3) is 4.21. The first kappa shape index (κ1) is 16.8. The van der Waals surface area contributed by atoms with Crippen LogP contribution in [0.3, 0.4) is 0 Å². The van der Waals surface area contributed by atoms with Crippen LogP contribution in [0.25, 0.3) is 0 Å². The Balaban J connectivity index is 2.31. The molecule has 2 aromatic rings. The lowest BCUT2D eigenvalue weighted by Crippen LogP contribution is -2.05. The van der Waals surface area contributed by atoms with Crippen LogP contribution >= 0.6 is 26.2 Å². The van der Waals surface area contributed by atoms with Crippen LogP contribution in [0.5, 0.6) is 0 Å². The average molecular weight is 401 g/mol. The minimum Gasteiger partial charge on any atom is -0.206 e. The standard InChI is InChI=1S/C14H7BrF6S/c15-13-9-11(5-8-14(13)16)2-1-10-3-6-12(7-4-10)22(17,18,19,20)21/h3-9H. The van der Waals surface area contributed by atoms with Crippen molar-refractivity contribution in [2.45, 2.75) is 4.90 Å². The largest absolute Gasteiger partial charge is 0.310 e. The third-order valence-electron chi connectivity index (χ3n) is 2.57. The zero-order valence-electron chi connectivity index (χ0n) is 10.6. The molecule has 0 bridgehead atoms. The summed E-state index contributed by atoms with van der Waals surface area (Å²) >= 11 is 2.97. The molecule has 0 heterocycles. The molecular weight excluding hydrogens is 394 g/mol. The van der Waals surface area contributed by atoms with Gasteiger partial charge in [-0.3, -0.25) is 0 Å². The Bertz CT molecular complexity index is 785. The summed E-state index contributed by atoms with van der Waals surface area (Å²) in [5.74, 6) is 4.64. The molecule has 8 heteroatoms. The highest BCUT2D eigenvalue weighted by Gasteiger charge is 2.65. The van der Waals surface area contributed by atoms with Gasteiger partial charge in [0.1, 0.15) is 10.7 Å². The van der Waals surface area contributed by atoms with Crippen LogP contribution in [0.4, 0.5) is 23.8 Å². The molecule has 118 valence electrons. The number of rotatable bonds is 1. The second kappa shape index (κ2) is 4.70. The first-order chi connectivity index (χ1) is 9.85. The van der Waals surface area contributed by atoms with E-state index in [4.69, 9.17) is 0 Å². The van der Waals surface area contributed by atoms with Gasteiger partial charge in [-0.2, -0.15) is 0 Å². The van der Waals surface area contributed by atoms with Gasteiger partial charge in [0.15, 0.2) is 0 Å². The molecule has 22 heavy (non-hydrogen) atoms. The Hall–Kier alpha value is -1.59. The molecule has 0 aliphatic carbocycles. The van der Waals surface area contributed by atoms with Gasteiger partial charge in [0.05, 0.1) is 4.47 Å². The van der Waals surface area contributed by atoms with Crippen molar-refractivity contribution in [1.82, 2.24) is 0 Å². The Morgan fingerprint density at radius 2 is 1.27 bits per heavy atom. The molecule has 0 unspecified atom stereocenters. The summed E-state index contributed by atoms with van der Waals surface area (Å²) in [5, 5.41) is 0. The van der Waals surface area contributed by atoms with Crippen molar-refractivity contribution in [3.63, 3.8) is 0 Å². The molecule has 2 rings (SSSR count). The van der Waals surface area contributed by atoms with Crippen molar-refractivity contribution in [3.05, 3.63) is 63.9 Å². The highest BCUT2D eigenvalue weighted by atomic mass is 79.9. The molecule has 0 aromatic heterocycles. The maximum absolute atomic E-state index is 13.0. The Morgan fingerprint density at radius 3 is 1.77 bits per heavy atom. The summed E-state index contributed by atoms with van der Waals surface area (Å²) in [6.45, 7) is 0. The van der Waals surface area contributed by atoms with Gasteiger partial charge in [0.25, 0.3) is 0 Å². The third-order valence-corrected chi connectivity index (χ3v) is 4.34. The predicted octanol–water partition coefficient (Wildman–Crippen LogP) is 6.65. The van der Waals surface area contributed by atoms with Crippen LogP contribution in [0.2, 0.25) is 0 Å². The van der Waals surface area contributed by atoms with Crippen LogP contribution in [-0.4, -0.2) is 0 Å². The van der Waals surface area contributed by atoms with Gasteiger partial charge < -0.3 is 0 Å². The lowest BCUT2D eigenvalue weighted by molar-refractivity contribution is 0.364. The number of halogens is 7. The van der Waals surface area contributed by atoms with Crippen LogP contribution in [0.1, 0.15) is 11.1 Å². The summed E-state index contributed by atoms with van der Waals surface area (Å²) in [4.78, 5) is -1.96.